The maximum Gasteiger partial charge on any atom is 0.273 e. The van der Waals surface area contributed by atoms with E-state index in [-0.39, 0.29) is 12.3 Å². The summed E-state index contributed by atoms with van der Waals surface area (Å²) in [5.74, 6) is 1.45. The van der Waals surface area contributed by atoms with Crippen LogP contribution in [0.4, 0.5) is 5.69 Å². The van der Waals surface area contributed by atoms with Crippen LogP contribution in [0, 0.1) is 10.1 Å². The zero-order valence-corrected chi connectivity index (χ0v) is 11.7. The monoisotopic (exact) mass is 289 g/mol. The van der Waals surface area contributed by atoms with Crippen molar-refractivity contribution in [3.63, 3.8) is 0 Å². The number of hydrogen-bond donors (Lipinski definition) is 0. The summed E-state index contributed by atoms with van der Waals surface area (Å²) in [6.45, 7) is 0.224. The predicted octanol–water partition coefficient (Wildman–Crippen LogP) is 3.19. The van der Waals surface area contributed by atoms with Gasteiger partial charge in [-0.25, -0.2) is 0 Å². The highest BCUT2D eigenvalue weighted by atomic mass is 16.6. The van der Waals surface area contributed by atoms with Gasteiger partial charge in [0.1, 0.15) is 12.4 Å². The van der Waals surface area contributed by atoms with E-state index in [1.54, 1.807) is 7.11 Å². The third-order valence-corrected chi connectivity index (χ3v) is 2.93. The van der Waals surface area contributed by atoms with Gasteiger partial charge in [0.25, 0.3) is 5.69 Å². The van der Waals surface area contributed by atoms with Gasteiger partial charge >= 0.3 is 0 Å². The summed E-state index contributed by atoms with van der Waals surface area (Å²) in [5, 5.41) is 10.8. The van der Waals surface area contributed by atoms with Gasteiger partial charge in [0.2, 0.25) is 0 Å². The number of para-hydroxylation sites is 1. The number of nitro groups is 1. The van der Waals surface area contributed by atoms with E-state index in [1.807, 2.05) is 24.3 Å². The van der Waals surface area contributed by atoms with Crippen molar-refractivity contribution in [3.8, 4) is 17.2 Å². The molecule has 0 bridgehead atoms. The molecular formula is C15H15NO5. The average Bonchev–Trinajstić information content (AvgIpc) is 2.52. The first-order valence-electron chi connectivity index (χ1n) is 6.23. The number of benzene rings is 2. The Bertz CT molecular complexity index is 642. The molecule has 0 N–H and O–H groups in total. The smallest absolute Gasteiger partial charge is 0.273 e. The van der Waals surface area contributed by atoms with E-state index in [0.717, 1.165) is 5.56 Å². The second-order valence-corrected chi connectivity index (χ2v) is 4.19. The van der Waals surface area contributed by atoms with Crippen molar-refractivity contribution < 1.29 is 19.1 Å². The number of hydrogen-bond acceptors (Lipinski definition) is 5. The fourth-order valence-corrected chi connectivity index (χ4v) is 1.87. The molecule has 0 aliphatic heterocycles. The van der Waals surface area contributed by atoms with Crippen LogP contribution >= 0.6 is 0 Å². The number of ether oxygens (including phenoxy) is 3. The third-order valence-electron chi connectivity index (χ3n) is 2.93. The van der Waals surface area contributed by atoms with Gasteiger partial charge in [-0.3, -0.25) is 10.1 Å². The highest BCUT2D eigenvalue weighted by molar-refractivity contribution is 5.48. The average molecular weight is 289 g/mol. The molecule has 0 heterocycles. The third kappa shape index (κ3) is 3.42. The lowest BCUT2D eigenvalue weighted by Crippen LogP contribution is -2.00. The Hall–Kier alpha value is -2.76. The van der Waals surface area contributed by atoms with Gasteiger partial charge in [0, 0.05) is 11.6 Å². The maximum atomic E-state index is 10.8. The van der Waals surface area contributed by atoms with Crippen molar-refractivity contribution in [2.75, 3.05) is 14.2 Å². The van der Waals surface area contributed by atoms with Crippen LogP contribution < -0.4 is 14.2 Å². The van der Waals surface area contributed by atoms with Gasteiger partial charge in [-0.2, -0.15) is 0 Å². The molecule has 0 aliphatic rings. The van der Waals surface area contributed by atoms with Crippen molar-refractivity contribution in [2.45, 2.75) is 6.61 Å². The molecule has 0 spiro atoms. The molecule has 110 valence electrons. The van der Waals surface area contributed by atoms with E-state index in [9.17, 15) is 10.1 Å². The van der Waals surface area contributed by atoms with Crippen LogP contribution in [0.3, 0.4) is 0 Å². The number of rotatable bonds is 6. The Morgan fingerprint density at radius 1 is 1.00 bits per heavy atom. The second kappa shape index (κ2) is 6.60. The van der Waals surface area contributed by atoms with Gasteiger partial charge in [-0.05, 0) is 12.1 Å². The van der Waals surface area contributed by atoms with Crippen LogP contribution in [0.2, 0.25) is 0 Å². The van der Waals surface area contributed by atoms with Crippen LogP contribution in [0.5, 0.6) is 17.2 Å². The first-order valence-corrected chi connectivity index (χ1v) is 6.23. The lowest BCUT2D eigenvalue weighted by atomic mass is 10.2. The van der Waals surface area contributed by atoms with Crippen molar-refractivity contribution in [2.24, 2.45) is 0 Å². The molecule has 0 saturated heterocycles. The zero-order valence-electron chi connectivity index (χ0n) is 11.7. The Morgan fingerprint density at radius 2 is 1.71 bits per heavy atom. The quantitative estimate of drug-likeness (QED) is 0.603. The van der Waals surface area contributed by atoms with Crippen molar-refractivity contribution in [3.05, 3.63) is 58.1 Å². The summed E-state index contributed by atoms with van der Waals surface area (Å²) in [7, 11) is 3.06. The lowest BCUT2D eigenvalue weighted by molar-refractivity contribution is -0.385. The number of non-ortho nitro benzene ring substituents is 1. The Morgan fingerprint density at radius 3 is 2.38 bits per heavy atom. The normalized spacial score (nSPS) is 10.0. The summed E-state index contributed by atoms with van der Waals surface area (Å²) in [4.78, 5) is 10.3. The van der Waals surface area contributed by atoms with Crippen LogP contribution in [0.15, 0.2) is 42.5 Å². The molecule has 2 aromatic rings. The summed E-state index contributed by atoms with van der Waals surface area (Å²) in [6, 6.07) is 11.6. The molecule has 6 heteroatoms. The fraction of sp³-hybridized carbons (Fsp3) is 0.200. The van der Waals surface area contributed by atoms with E-state index in [0.29, 0.717) is 17.2 Å². The first-order chi connectivity index (χ1) is 10.2. The molecule has 0 atom stereocenters. The minimum absolute atomic E-state index is 0.0502. The predicted molar refractivity (Wildman–Crippen MR) is 77.0 cm³/mol. The van der Waals surface area contributed by atoms with Gasteiger partial charge < -0.3 is 14.2 Å². The van der Waals surface area contributed by atoms with Crippen molar-refractivity contribution >= 4 is 5.69 Å². The molecule has 21 heavy (non-hydrogen) atoms. The summed E-state index contributed by atoms with van der Waals surface area (Å²) in [6.07, 6.45) is 0. The molecule has 2 aromatic carbocycles. The number of nitro benzene ring substituents is 1. The molecule has 0 unspecified atom stereocenters. The van der Waals surface area contributed by atoms with E-state index < -0.39 is 4.92 Å². The van der Waals surface area contributed by atoms with Crippen LogP contribution in [-0.4, -0.2) is 19.1 Å². The SMILES string of the molecule is COc1ccccc1COc1cc([N+](=O)[O-])ccc1OC. The highest BCUT2D eigenvalue weighted by Crippen LogP contribution is 2.32. The molecule has 2 rings (SSSR count). The lowest BCUT2D eigenvalue weighted by Gasteiger charge is -2.12. The van der Waals surface area contributed by atoms with Gasteiger partial charge in [-0.1, -0.05) is 18.2 Å². The van der Waals surface area contributed by atoms with Gasteiger partial charge in [-0.15, -0.1) is 0 Å². The fourth-order valence-electron chi connectivity index (χ4n) is 1.87. The minimum atomic E-state index is -0.477. The molecule has 0 aromatic heterocycles. The van der Waals surface area contributed by atoms with E-state index >= 15 is 0 Å². The first kappa shape index (κ1) is 14.6. The van der Waals surface area contributed by atoms with Crippen molar-refractivity contribution in [1.29, 1.82) is 0 Å². The van der Waals surface area contributed by atoms with Gasteiger partial charge in [0.15, 0.2) is 11.5 Å². The zero-order chi connectivity index (χ0) is 15.2. The molecular weight excluding hydrogens is 274 g/mol. The van der Waals surface area contributed by atoms with E-state index in [1.165, 1.54) is 25.3 Å². The van der Waals surface area contributed by atoms with Crippen molar-refractivity contribution in [1.82, 2.24) is 0 Å². The molecule has 0 amide bonds. The Labute approximate surface area is 122 Å². The molecule has 0 aliphatic carbocycles. The van der Waals surface area contributed by atoms with E-state index in [2.05, 4.69) is 0 Å². The largest absolute Gasteiger partial charge is 0.496 e. The number of methoxy groups -OCH3 is 2. The van der Waals surface area contributed by atoms with Crippen LogP contribution in [0.1, 0.15) is 5.56 Å². The summed E-state index contributed by atoms with van der Waals surface area (Å²) < 4.78 is 16.0. The molecule has 0 saturated carbocycles. The molecule has 0 radical (unpaired) electrons. The van der Waals surface area contributed by atoms with Gasteiger partial charge in [0.05, 0.1) is 25.2 Å². The molecule has 0 fully saturated rings. The number of nitrogens with zero attached hydrogens (tertiary/aromatic N) is 1. The second-order valence-electron chi connectivity index (χ2n) is 4.19. The summed E-state index contributed by atoms with van der Waals surface area (Å²) >= 11 is 0. The molecule has 6 nitrogen and oxygen atoms in total. The minimum Gasteiger partial charge on any atom is -0.496 e. The van der Waals surface area contributed by atoms with E-state index in [4.69, 9.17) is 14.2 Å². The highest BCUT2D eigenvalue weighted by Gasteiger charge is 2.13. The van der Waals surface area contributed by atoms with Crippen LogP contribution in [-0.2, 0) is 6.61 Å². The van der Waals surface area contributed by atoms with Crippen LogP contribution in [0.25, 0.3) is 0 Å². The Balaban J connectivity index is 2.22. The maximum absolute atomic E-state index is 10.8. The Kier molecular flexibility index (Phi) is 4.61. The summed E-state index contributed by atoms with van der Waals surface area (Å²) in [5.41, 5.74) is 0.791. The standard InChI is InChI=1S/C15H15NO5/c1-19-13-6-4-3-5-11(13)10-21-15-9-12(16(17)18)7-8-14(15)20-2/h3-9H,10H2,1-2H3. The topological polar surface area (TPSA) is 70.8 Å².